The van der Waals surface area contributed by atoms with Gasteiger partial charge in [-0.3, -0.25) is 4.68 Å². The lowest BCUT2D eigenvalue weighted by atomic mass is 9.89. The van der Waals surface area contributed by atoms with Crippen molar-refractivity contribution < 1.29 is 4.74 Å². The van der Waals surface area contributed by atoms with Gasteiger partial charge in [0.2, 0.25) is 0 Å². The second-order valence-electron chi connectivity index (χ2n) is 5.57. The van der Waals surface area contributed by atoms with Gasteiger partial charge in [-0.2, -0.15) is 5.10 Å². The Morgan fingerprint density at radius 3 is 2.70 bits per heavy atom. The number of rotatable bonds is 7. The van der Waals surface area contributed by atoms with Gasteiger partial charge in [-0.25, -0.2) is 0 Å². The molecule has 1 unspecified atom stereocenters. The van der Waals surface area contributed by atoms with Crippen molar-refractivity contribution in [1.82, 2.24) is 15.1 Å². The molecule has 20 heavy (non-hydrogen) atoms. The lowest BCUT2D eigenvalue weighted by Gasteiger charge is -2.37. The summed E-state index contributed by atoms with van der Waals surface area (Å²) in [7, 11) is 1.85. The van der Waals surface area contributed by atoms with Crippen molar-refractivity contribution in [3.63, 3.8) is 0 Å². The molecule has 0 bridgehead atoms. The Hall–Kier alpha value is -0.390. The number of hydrogen-bond acceptors (Lipinski definition) is 3. The summed E-state index contributed by atoms with van der Waals surface area (Å²) in [6.45, 7) is 6.21. The summed E-state index contributed by atoms with van der Waals surface area (Å²) in [5, 5.41) is 8.16. The van der Waals surface area contributed by atoms with E-state index in [4.69, 9.17) is 4.74 Å². The smallest absolute Gasteiger partial charge is 0.0888 e. The van der Waals surface area contributed by atoms with Gasteiger partial charge in [-0.15, -0.1) is 0 Å². The molecule has 0 radical (unpaired) electrons. The molecule has 1 aromatic heterocycles. The van der Waals surface area contributed by atoms with Gasteiger partial charge in [0.05, 0.1) is 28.0 Å². The average molecular weight is 344 g/mol. The molecule has 1 aromatic rings. The van der Waals surface area contributed by atoms with Crippen LogP contribution >= 0.6 is 15.9 Å². The molecule has 0 saturated heterocycles. The molecule has 1 fully saturated rings. The molecule has 0 amide bonds. The van der Waals surface area contributed by atoms with Crippen LogP contribution in [0, 0.1) is 0 Å². The number of ether oxygens (including phenoxy) is 1. The summed E-state index contributed by atoms with van der Waals surface area (Å²) in [4.78, 5) is 0. The van der Waals surface area contributed by atoms with Gasteiger partial charge in [0.15, 0.2) is 0 Å². The van der Waals surface area contributed by atoms with Crippen molar-refractivity contribution in [2.75, 3.05) is 13.7 Å². The minimum absolute atomic E-state index is 0.0932. The van der Waals surface area contributed by atoms with Crippen LogP contribution in [-0.4, -0.2) is 29.0 Å². The summed E-state index contributed by atoms with van der Waals surface area (Å²) in [6.07, 6.45) is 7.72. The number of aryl methyl sites for hydroxylation is 1. The van der Waals surface area contributed by atoms with Crippen LogP contribution in [0.3, 0.4) is 0 Å². The van der Waals surface area contributed by atoms with E-state index in [-0.39, 0.29) is 11.6 Å². The third-order valence-corrected chi connectivity index (χ3v) is 4.94. The highest BCUT2D eigenvalue weighted by atomic mass is 79.9. The maximum Gasteiger partial charge on any atom is 0.0888 e. The molecule has 0 aliphatic heterocycles. The van der Waals surface area contributed by atoms with Crippen LogP contribution in [0.25, 0.3) is 0 Å². The third-order valence-electron chi connectivity index (χ3n) is 4.33. The highest BCUT2D eigenvalue weighted by Gasteiger charge is 2.44. The van der Waals surface area contributed by atoms with Crippen LogP contribution < -0.4 is 5.32 Å². The van der Waals surface area contributed by atoms with Gasteiger partial charge >= 0.3 is 0 Å². The van der Waals surface area contributed by atoms with Crippen molar-refractivity contribution in [3.8, 4) is 0 Å². The lowest BCUT2D eigenvalue weighted by molar-refractivity contribution is -0.0388. The molecule has 4 nitrogen and oxygen atoms in total. The Morgan fingerprint density at radius 1 is 1.45 bits per heavy atom. The number of nitrogens with one attached hydrogen (secondary N) is 1. The maximum atomic E-state index is 6.00. The van der Waals surface area contributed by atoms with Gasteiger partial charge < -0.3 is 10.1 Å². The van der Waals surface area contributed by atoms with Crippen LogP contribution in [0.4, 0.5) is 0 Å². The zero-order valence-electron chi connectivity index (χ0n) is 12.8. The average Bonchev–Trinajstić information content (AvgIpc) is 3.06. The topological polar surface area (TPSA) is 39.1 Å². The van der Waals surface area contributed by atoms with Crippen molar-refractivity contribution in [3.05, 3.63) is 16.4 Å². The highest BCUT2D eigenvalue weighted by molar-refractivity contribution is 9.10. The van der Waals surface area contributed by atoms with Crippen molar-refractivity contribution in [2.24, 2.45) is 0 Å². The normalized spacial score (nSPS) is 19.4. The highest BCUT2D eigenvalue weighted by Crippen LogP contribution is 2.44. The predicted molar refractivity (Wildman–Crippen MR) is 84.8 cm³/mol. The van der Waals surface area contributed by atoms with E-state index < -0.39 is 0 Å². The van der Waals surface area contributed by atoms with E-state index in [0.717, 1.165) is 36.8 Å². The summed E-state index contributed by atoms with van der Waals surface area (Å²) in [6, 6.07) is 0.198. The number of likely N-dealkylation sites (N-methyl/N-ethyl adjacent to an activating group) is 1. The Balaban J connectivity index is 2.39. The number of nitrogens with zero attached hydrogens (tertiary/aromatic N) is 2. The molecule has 2 rings (SSSR count). The summed E-state index contributed by atoms with van der Waals surface area (Å²) < 4.78 is 9.21. The lowest BCUT2D eigenvalue weighted by Crippen LogP contribution is -2.44. The Kier molecular flexibility index (Phi) is 5.64. The number of hydrogen-bond donors (Lipinski definition) is 1. The van der Waals surface area contributed by atoms with Gasteiger partial charge in [-0.05, 0) is 41.7 Å². The first-order valence-electron chi connectivity index (χ1n) is 7.68. The third kappa shape index (κ3) is 2.95. The first-order chi connectivity index (χ1) is 9.68. The second-order valence-corrected chi connectivity index (χ2v) is 6.42. The maximum absolute atomic E-state index is 6.00. The van der Waals surface area contributed by atoms with Crippen LogP contribution in [-0.2, 0) is 11.3 Å². The molecule has 1 atom stereocenters. The van der Waals surface area contributed by atoms with Crippen LogP contribution in [0.15, 0.2) is 10.7 Å². The largest absolute Gasteiger partial charge is 0.376 e. The quantitative estimate of drug-likeness (QED) is 0.820. The van der Waals surface area contributed by atoms with E-state index in [0.29, 0.717) is 0 Å². The number of halogens is 1. The fourth-order valence-corrected chi connectivity index (χ4v) is 3.89. The number of methoxy groups -OCH3 is 1. The van der Waals surface area contributed by atoms with Gasteiger partial charge in [0.1, 0.15) is 0 Å². The summed E-state index contributed by atoms with van der Waals surface area (Å²) in [5.74, 6) is 0. The molecule has 1 aliphatic rings. The molecule has 1 N–H and O–H groups in total. The van der Waals surface area contributed by atoms with E-state index in [1.165, 1.54) is 18.5 Å². The zero-order valence-corrected chi connectivity index (χ0v) is 14.4. The fourth-order valence-electron chi connectivity index (χ4n) is 3.37. The molecule has 1 saturated carbocycles. The molecule has 0 aromatic carbocycles. The standard InChI is InChI=1S/C15H26BrN3O/c1-4-10-19-13(12(16)11-18-19)14(17-5-2)15(20-3)8-6-7-9-15/h11,14,17H,4-10H2,1-3H3. The Morgan fingerprint density at radius 2 is 2.15 bits per heavy atom. The molecule has 5 heteroatoms. The molecule has 1 heterocycles. The van der Waals surface area contributed by atoms with Gasteiger partial charge in [0, 0.05) is 13.7 Å². The number of aromatic nitrogens is 2. The van der Waals surface area contributed by atoms with Gasteiger partial charge in [-0.1, -0.05) is 26.7 Å². The fraction of sp³-hybridized carbons (Fsp3) is 0.800. The van der Waals surface area contributed by atoms with E-state index in [1.54, 1.807) is 0 Å². The van der Waals surface area contributed by atoms with Crippen LogP contribution in [0.5, 0.6) is 0 Å². The van der Waals surface area contributed by atoms with Crippen LogP contribution in [0.1, 0.15) is 57.7 Å². The molecule has 0 spiro atoms. The first-order valence-corrected chi connectivity index (χ1v) is 8.47. The summed E-state index contributed by atoms with van der Waals surface area (Å²) >= 11 is 3.68. The molecular formula is C15H26BrN3O. The molecular weight excluding hydrogens is 318 g/mol. The monoisotopic (exact) mass is 343 g/mol. The predicted octanol–water partition coefficient (Wildman–Crippen LogP) is 3.67. The van der Waals surface area contributed by atoms with Crippen LogP contribution in [0.2, 0.25) is 0 Å². The molecule has 1 aliphatic carbocycles. The van der Waals surface area contributed by atoms with Crippen molar-refractivity contribution in [1.29, 1.82) is 0 Å². The Labute approximate surface area is 130 Å². The Bertz CT molecular complexity index is 427. The second kappa shape index (κ2) is 7.05. The van der Waals surface area contributed by atoms with E-state index in [1.807, 2.05) is 13.3 Å². The van der Waals surface area contributed by atoms with Crippen molar-refractivity contribution >= 4 is 15.9 Å². The zero-order chi connectivity index (χ0) is 14.6. The first kappa shape index (κ1) is 16.0. The van der Waals surface area contributed by atoms with Gasteiger partial charge in [0.25, 0.3) is 0 Å². The van der Waals surface area contributed by atoms with E-state index >= 15 is 0 Å². The van der Waals surface area contributed by atoms with Crippen molar-refractivity contribution in [2.45, 2.75) is 64.1 Å². The SMILES string of the molecule is CCCn1ncc(Br)c1C(NCC)C1(OC)CCCC1. The minimum Gasteiger partial charge on any atom is -0.376 e. The minimum atomic E-state index is -0.0932. The molecule has 114 valence electrons. The van der Waals surface area contributed by atoms with E-state index in [9.17, 15) is 0 Å². The summed E-state index contributed by atoms with van der Waals surface area (Å²) in [5.41, 5.74) is 1.14. The van der Waals surface area contributed by atoms with E-state index in [2.05, 4.69) is 44.9 Å².